The number of fused-ring (bicyclic) bond motifs is 14. The zero-order valence-corrected chi connectivity index (χ0v) is 42.7. The fourth-order valence-electron chi connectivity index (χ4n) is 12.6. The summed E-state index contributed by atoms with van der Waals surface area (Å²) < 4.78 is 12.0. The Bertz CT molecular complexity index is 3840. The number of anilines is 2. The third-order valence-electron chi connectivity index (χ3n) is 16.8. The van der Waals surface area contributed by atoms with Crippen molar-refractivity contribution in [2.24, 2.45) is 0 Å². The first-order valence-electron chi connectivity index (χ1n) is 24.9. The van der Waals surface area contributed by atoms with Crippen molar-refractivity contribution in [3.05, 3.63) is 149 Å². The summed E-state index contributed by atoms with van der Waals surface area (Å²) >= 11 is 1.96. The number of benzene rings is 7. The molecule has 10 aromatic rings. The Kier molecular flexibility index (Phi) is 8.42. The number of nitrogens with zero attached hydrogens (tertiary/aromatic N) is 1. The van der Waals surface area contributed by atoms with Gasteiger partial charge in [0.05, 0.1) is 11.2 Å². The first-order chi connectivity index (χ1) is 32.2. The summed E-state index contributed by atoms with van der Waals surface area (Å²) in [6.07, 6.45) is 2.40. The molecule has 0 bridgehead atoms. The van der Waals surface area contributed by atoms with E-state index in [0.717, 1.165) is 35.2 Å². The lowest BCUT2D eigenvalue weighted by atomic mass is 9.62. The first-order valence-corrected chi connectivity index (χ1v) is 25.7. The van der Waals surface area contributed by atoms with Crippen molar-refractivity contribution in [1.29, 1.82) is 0 Å². The molecule has 2 aliphatic carbocycles. The van der Waals surface area contributed by atoms with Gasteiger partial charge in [0.25, 0.3) is 0 Å². The van der Waals surface area contributed by atoms with Crippen LogP contribution in [0.25, 0.3) is 81.8 Å². The molecule has 0 radical (unpaired) electrons. The number of para-hydroxylation sites is 1. The average Bonchev–Trinajstić information content (AvgIpc) is 4.00. The Morgan fingerprint density at radius 1 is 0.559 bits per heavy atom. The maximum absolute atomic E-state index is 6.64. The van der Waals surface area contributed by atoms with Crippen molar-refractivity contribution < 1.29 is 4.42 Å². The number of rotatable bonds is 3. The fourth-order valence-corrected chi connectivity index (χ4v) is 13.7. The highest BCUT2D eigenvalue weighted by Gasteiger charge is 2.43. The van der Waals surface area contributed by atoms with E-state index in [2.05, 4.69) is 208 Å². The summed E-state index contributed by atoms with van der Waals surface area (Å²) in [5.41, 5.74) is 23.4. The SMILES string of the molecule is CC(C)(C)c1ccc(Nc2cc3c(cc2-c2ccc4c5cc6c(cc5n5c4c2Bc2sc4ccc(C(C)(C)C)cc4c2-5)oc2ccccc26)-c2cc4c(cc2C3(C)C)C(C)(C)CCC4(C)C)cc1. The van der Waals surface area contributed by atoms with Gasteiger partial charge in [0.15, 0.2) is 0 Å². The van der Waals surface area contributed by atoms with E-state index in [1.54, 1.807) is 0 Å². The van der Waals surface area contributed by atoms with Crippen LogP contribution in [0.15, 0.2) is 120 Å². The van der Waals surface area contributed by atoms with Crippen LogP contribution in [0.3, 0.4) is 0 Å². The quantitative estimate of drug-likeness (QED) is 0.179. The summed E-state index contributed by atoms with van der Waals surface area (Å²) in [5.74, 6) is 0. The van der Waals surface area contributed by atoms with E-state index in [0.29, 0.717) is 0 Å². The van der Waals surface area contributed by atoms with E-state index in [1.165, 1.54) is 122 Å². The van der Waals surface area contributed by atoms with Crippen LogP contribution in [0.4, 0.5) is 11.4 Å². The van der Waals surface area contributed by atoms with Crippen LogP contribution in [0.5, 0.6) is 0 Å². The Labute approximate surface area is 405 Å². The molecule has 68 heavy (non-hydrogen) atoms. The van der Waals surface area contributed by atoms with Crippen molar-refractivity contribution in [3.63, 3.8) is 0 Å². The Morgan fingerprint density at radius 3 is 1.97 bits per heavy atom. The van der Waals surface area contributed by atoms with Crippen LogP contribution in [-0.2, 0) is 27.1 Å². The lowest BCUT2D eigenvalue weighted by molar-refractivity contribution is 0.331. The van der Waals surface area contributed by atoms with Crippen LogP contribution in [0.2, 0.25) is 0 Å². The molecule has 0 saturated heterocycles. The van der Waals surface area contributed by atoms with Gasteiger partial charge in [-0.2, -0.15) is 0 Å². The Balaban J connectivity index is 1.11. The number of hydrogen-bond donors (Lipinski definition) is 1. The largest absolute Gasteiger partial charge is 0.456 e. The molecular weight excluding hydrogens is 844 g/mol. The molecule has 338 valence electrons. The van der Waals surface area contributed by atoms with E-state index < -0.39 is 0 Å². The maximum Gasteiger partial charge on any atom is 0.211 e. The average molecular weight is 905 g/mol. The molecule has 3 aliphatic rings. The number of hydrogen-bond acceptors (Lipinski definition) is 3. The van der Waals surface area contributed by atoms with E-state index >= 15 is 0 Å². The van der Waals surface area contributed by atoms with Gasteiger partial charge in [-0.05, 0) is 149 Å². The van der Waals surface area contributed by atoms with Crippen LogP contribution >= 0.6 is 11.3 Å². The zero-order valence-electron chi connectivity index (χ0n) is 41.9. The smallest absolute Gasteiger partial charge is 0.211 e. The highest BCUT2D eigenvalue weighted by molar-refractivity contribution is 7.29. The van der Waals surface area contributed by atoms with Crippen molar-refractivity contribution in [1.82, 2.24) is 4.57 Å². The number of furan rings is 1. The predicted molar refractivity (Wildman–Crippen MR) is 295 cm³/mol. The van der Waals surface area contributed by atoms with Crippen LogP contribution in [-0.4, -0.2) is 11.8 Å². The summed E-state index contributed by atoms with van der Waals surface area (Å²) in [5, 5.41) is 10.3. The van der Waals surface area contributed by atoms with Gasteiger partial charge in [-0.15, -0.1) is 11.3 Å². The molecule has 4 heterocycles. The van der Waals surface area contributed by atoms with E-state index in [1.807, 2.05) is 11.3 Å². The van der Waals surface area contributed by atoms with Gasteiger partial charge in [0, 0.05) is 65.6 Å². The molecule has 0 spiro atoms. The highest BCUT2D eigenvalue weighted by Crippen LogP contribution is 2.56. The van der Waals surface area contributed by atoms with E-state index in [4.69, 9.17) is 4.42 Å². The lowest BCUT2D eigenvalue weighted by Gasteiger charge is -2.42. The second-order valence-corrected chi connectivity index (χ2v) is 25.7. The molecule has 3 nitrogen and oxygen atoms in total. The van der Waals surface area contributed by atoms with Crippen LogP contribution in [0, 0.1) is 0 Å². The first kappa shape index (κ1) is 42.1. The van der Waals surface area contributed by atoms with Gasteiger partial charge in [-0.3, -0.25) is 0 Å². The predicted octanol–water partition coefficient (Wildman–Crippen LogP) is 16.3. The monoisotopic (exact) mass is 904 g/mol. The molecule has 0 amide bonds. The normalized spacial score (nSPS) is 16.6. The van der Waals surface area contributed by atoms with Gasteiger partial charge in [0.1, 0.15) is 11.2 Å². The third-order valence-corrected chi connectivity index (χ3v) is 18.0. The molecule has 7 aromatic carbocycles. The fraction of sp³-hybridized carbons (Fsp3) is 0.302. The molecule has 3 aromatic heterocycles. The van der Waals surface area contributed by atoms with Crippen molar-refractivity contribution in [2.45, 2.75) is 123 Å². The van der Waals surface area contributed by atoms with Gasteiger partial charge in [-0.1, -0.05) is 138 Å². The third kappa shape index (κ3) is 5.90. The Hall–Kier alpha value is -6.04. The molecule has 0 saturated carbocycles. The molecule has 1 aliphatic heterocycles. The minimum atomic E-state index is -0.175. The highest BCUT2D eigenvalue weighted by atomic mass is 32.1. The standard InChI is InChI=1S/C63H61BN2OS/c1-59(2,3)34-17-20-36(21-18-34)65-50-32-47-40(41-30-48-49(31-46(41)63(47,11)12)62(9,10)26-25-61(48,7)8)28-42(50)38-22-23-39-43-29-44-37-15-13-14-16-52(37)67-53(44)33-51(43)66-56(39)55(38)64-58-57(66)45-27-35(60(4,5)6)19-24-54(45)68-58/h13-24,27-33,64-65H,25-26H2,1-12H3. The molecule has 0 fully saturated rings. The zero-order chi connectivity index (χ0) is 47.2. The van der Waals surface area contributed by atoms with E-state index in [9.17, 15) is 0 Å². The topological polar surface area (TPSA) is 30.1 Å². The van der Waals surface area contributed by atoms with Crippen LogP contribution in [0.1, 0.15) is 129 Å². The molecule has 13 rings (SSSR count). The van der Waals surface area contributed by atoms with Crippen LogP contribution < -0.4 is 15.6 Å². The summed E-state index contributed by atoms with van der Waals surface area (Å²) in [6.45, 7) is 28.6. The van der Waals surface area contributed by atoms with Crippen molar-refractivity contribution >= 4 is 94.1 Å². The molecule has 0 atom stereocenters. The summed E-state index contributed by atoms with van der Waals surface area (Å²) in [6, 6.07) is 44.7. The second kappa shape index (κ2) is 13.6. The minimum absolute atomic E-state index is 0.0275. The number of aromatic nitrogens is 1. The van der Waals surface area contributed by atoms with E-state index in [-0.39, 0.29) is 27.1 Å². The lowest BCUT2D eigenvalue weighted by Crippen LogP contribution is -2.35. The molecule has 0 unspecified atom stereocenters. The Morgan fingerprint density at radius 2 is 1.24 bits per heavy atom. The minimum Gasteiger partial charge on any atom is -0.456 e. The van der Waals surface area contributed by atoms with Crippen molar-refractivity contribution in [3.8, 4) is 27.9 Å². The maximum atomic E-state index is 6.64. The molecule has 1 N–H and O–H groups in total. The van der Waals surface area contributed by atoms with Gasteiger partial charge in [-0.25, -0.2) is 0 Å². The van der Waals surface area contributed by atoms with Gasteiger partial charge in [0.2, 0.25) is 7.28 Å². The summed E-state index contributed by atoms with van der Waals surface area (Å²) in [4.78, 5) is 0. The molecule has 5 heteroatoms. The van der Waals surface area contributed by atoms with Gasteiger partial charge < -0.3 is 14.3 Å². The number of nitrogens with one attached hydrogen (secondary N) is 1. The summed E-state index contributed by atoms with van der Waals surface area (Å²) in [7, 11) is 0.858. The molecular formula is C63H61BN2OS. The number of thiophene rings is 1. The second-order valence-electron chi connectivity index (χ2n) is 24.5. The van der Waals surface area contributed by atoms with Gasteiger partial charge >= 0.3 is 0 Å². The van der Waals surface area contributed by atoms with Crippen molar-refractivity contribution in [2.75, 3.05) is 5.32 Å².